The summed E-state index contributed by atoms with van der Waals surface area (Å²) >= 11 is 0. The van der Waals surface area contributed by atoms with E-state index in [1.54, 1.807) is 26.4 Å². The van der Waals surface area contributed by atoms with E-state index in [-0.39, 0.29) is 35.5 Å². The third-order valence-corrected chi connectivity index (χ3v) is 6.37. The minimum atomic E-state index is -0.219. The van der Waals surface area contributed by atoms with E-state index in [0.29, 0.717) is 23.3 Å². The molecule has 3 fully saturated rings. The van der Waals surface area contributed by atoms with E-state index >= 15 is 0 Å². The molecule has 1 saturated heterocycles. The van der Waals surface area contributed by atoms with Crippen LogP contribution in [0.4, 0.5) is 0 Å². The highest BCUT2D eigenvalue weighted by Gasteiger charge is 2.67. The minimum Gasteiger partial charge on any atom is -0.493 e. The van der Waals surface area contributed by atoms with Crippen LogP contribution in [0, 0.1) is 35.5 Å². The van der Waals surface area contributed by atoms with Crippen molar-refractivity contribution in [3.05, 3.63) is 35.9 Å². The molecule has 6 nitrogen and oxygen atoms in total. The van der Waals surface area contributed by atoms with Crippen LogP contribution >= 0.6 is 0 Å². The molecule has 134 valence electrons. The first-order chi connectivity index (χ1) is 12.6. The second-order valence-electron chi connectivity index (χ2n) is 7.50. The first-order valence-corrected chi connectivity index (χ1v) is 8.96. The highest BCUT2D eigenvalue weighted by Crippen LogP contribution is 2.65. The predicted octanol–water partition coefficient (Wildman–Crippen LogP) is 2.09. The van der Waals surface area contributed by atoms with Crippen LogP contribution in [-0.2, 0) is 9.59 Å². The second-order valence-corrected chi connectivity index (χ2v) is 7.50. The zero-order valence-corrected chi connectivity index (χ0v) is 14.7. The molecule has 5 aliphatic rings. The number of methoxy groups -OCH3 is 2. The lowest BCUT2D eigenvalue weighted by molar-refractivity contribution is -0.140. The molecule has 0 unspecified atom stereocenters. The van der Waals surface area contributed by atoms with E-state index in [4.69, 9.17) is 9.47 Å². The fourth-order valence-corrected chi connectivity index (χ4v) is 5.11. The molecule has 0 radical (unpaired) electrons. The number of imide groups is 1. The van der Waals surface area contributed by atoms with Crippen molar-refractivity contribution in [2.75, 3.05) is 14.2 Å². The summed E-state index contributed by atoms with van der Waals surface area (Å²) in [6, 6.07) is 5.34. The first kappa shape index (κ1) is 15.6. The lowest BCUT2D eigenvalue weighted by Crippen LogP contribution is -2.40. The topological polar surface area (TPSA) is 68.2 Å². The van der Waals surface area contributed by atoms with Crippen LogP contribution in [0.15, 0.2) is 35.5 Å². The number of amides is 2. The smallest absolute Gasteiger partial charge is 0.254 e. The van der Waals surface area contributed by atoms with Gasteiger partial charge in [-0.25, -0.2) is 0 Å². The van der Waals surface area contributed by atoms with Gasteiger partial charge in [-0.1, -0.05) is 12.2 Å². The number of allylic oxidation sites excluding steroid dienone is 2. The van der Waals surface area contributed by atoms with Crippen LogP contribution in [0.3, 0.4) is 0 Å². The van der Waals surface area contributed by atoms with Crippen molar-refractivity contribution in [3.63, 3.8) is 0 Å². The quantitative estimate of drug-likeness (QED) is 0.473. The standard InChI is InChI=1S/C20H20N2O4/c1-25-15-6-3-10(7-16(15)26-2)9-21-22-19(23)17-11-4-5-12(14-8-13(11)14)18(17)20(22)24/h3-7,9,11-14,17-18H,8H2,1-2H3/b21-9-/t11-,12-,13-,14-,17+,18+/m1/s1. The molecule has 1 aromatic rings. The molecule has 6 rings (SSSR count). The monoisotopic (exact) mass is 352 g/mol. The Balaban J connectivity index is 1.41. The maximum Gasteiger partial charge on any atom is 0.254 e. The fourth-order valence-electron chi connectivity index (χ4n) is 5.11. The molecule has 1 aliphatic heterocycles. The molecule has 6 atom stereocenters. The van der Waals surface area contributed by atoms with E-state index < -0.39 is 0 Å². The van der Waals surface area contributed by atoms with Gasteiger partial charge in [0.15, 0.2) is 11.5 Å². The van der Waals surface area contributed by atoms with Crippen LogP contribution in [0.5, 0.6) is 11.5 Å². The summed E-state index contributed by atoms with van der Waals surface area (Å²) in [6.45, 7) is 0. The molecule has 4 aliphatic carbocycles. The molecule has 26 heavy (non-hydrogen) atoms. The van der Waals surface area contributed by atoms with Crippen LogP contribution in [0.25, 0.3) is 0 Å². The number of hydrogen-bond acceptors (Lipinski definition) is 5. The number of carbonyl (C=O) groups is 2. The van der Waals surface area contributed by atoms with Crippen LogP contribution in [0.2, 0.25) is 0 Å². The van der Waals surface area contributed by atoms with Gasteiger partial charge in [0, 0.05) is 0 Å². The van der Waals surface area contributed by atoms with Crippen LogP contribution in [0.1, 0.15) is 12.0 Å². The Morgan fingerprint density at radius 1 is 1.00 bits per heavy atom. The molecule has 2 bridgehead atoms. The van der Waals surface area contributed by atoms with Gasteiger partial charge < -0.3 is 9.47 Å². The number of hydrazone groups is 1. The molecular weight excluding hydrogens is 332 g/mol. The summed E-state index contributed by atoms with van der Waals surface area (Å²) in [5.74, 6) is 2.07. The van der Waals surface area contributed by atoms with Gasteiger partial charge in [-0.2, -0.15) is 10.1 Å². The van der Waals surface area contributed by atoms with E-state index in [2.05, 4.69) is 17.3 Å². The zero-order valence-electron chi connectivity index (χ0n) is 14.7. The third-order valence-electron chi connectivity index (χ3n) is 6.37. The Bertz CT molecular complexity index is 825. The number of hydrogen-bond donors (Lipinski definition) is 0. The fraction of sp³-hybridized carbons (Fsp3) is 0.450. The third kappa shape index (κ3) is 2.01. The van der Waals surface area contributed by atoms with Gasteiger partial charge in [0.2, 0.25) is 0 Å². The van der Waals surface area contributed by atoms with Crippen molar-refractivity contribution in [2.45, 2.75) is 6.42 Å². The Kier molecular flexibility index (Phi) is 3.26. The minimum absolute atomic E-state index is 0.151. The summed E-state index contributed by atoms with van der Waals surface area (Å²) in [7, 11) is 3.13. The van der Waals surface area contributed by atoms with Crippen LogP contribution < -0.4 is 9.47 Å². The number of benzene rings is 1. The molecule has 1 aromatic carbocycles. The summed E-state index contributed by atoms with van der Waals surface area (Å²) in [5.41, 5.74) is 0.738. The van der Waals surface area contributed by atoms with Crippen molar-refractivity contribution >= 4 is 18.0 Å². The molecule has 0 spiro atoms. The highest BCUT2D eigenvalue weighted by molar-refractivity contribution is 6.06. The Hall–Kier alpha value is -2.63. The van der Waals surface area contributed by atoms with Gasteiger partial charge in [0.1, 0.15) is 0 Å². The van der Waals surface area contributed by atoms with E-state index in [1.165, 1.54) is 6.21 Å². The zero-order chi connectivity index (χ0) is 18.0. The average Bonchev–Trinajstić information content (AvgIpc) is 3.45. The first-order valence-electron chi connectivity index (χ1n) is 8.96. The van der Waals surface area contributed by atoms with Crippen LogP contribution in [-0.4, -0.2) is 37.3 Å². The van der Waals surface area contributed by atoms with Gasteiger partial charge in [-0.15, -0.1) is 0 Å². The molecule has 0 aromatic heterocycles. The van der Waals surface area contributed by atoms with Gasteiger partial charge in [-0.05, 0) is 53.9 Å². The molecule has 2 saturated carbocycles. The van der Waals surface area contributed by atoms with Gasteiger partial charge in [-0.3, -0.25) is 9.59 Å². The summed E-state index contributed by atoms with van der Waals surface area (Å²) in [5, 5.41) is 5.32. The lowest BCUT2D eigenvalue weighted by atomic mass is 9.63. The van der Waals surface area contributed by atoms with E-state index in [9.17, 15) is 9.59 Å². The lowest BCUT2D eigenvalue weighted by Gasteiger charge is -2.37. The van der Waals surface area contributed by atoms with Gasteiger partial charge in [0.25, 0.3) is 11.8 Å². The van der Waals surface area contributed by atoms with E-state index in [1.807, 2.05) is 6.07 Å². The van der Waals surface area contributed by atoms with Crippen molar-refractivity contribution in [1.29, 1.82) is 0 Å². The normalized spacial score (nSPS) is 36.5. The molecule has 2 amide bonds. The maximum atomic E-state index is 12.9. The Labute approximate surface area is 151 Å². The summed E-state index contributed by atoms with van der Waals surface area (Å²) in [6.07, 6.45) is 7.01. The number of carbonyl (C=O) groups excluding carboxylic acids is 2. The largest absolute Gasteiger partial charge is 0.493 e. The van der Waals surface area contributed by atoms with Crippen molar-refractivity contribution < 1.29 is 19.1 Å². The Morgan fingerprint density at radius 2 is 1.62 bits per heavy atom. The Morgan fingerprint density at radius 3 is 2.19 bits per heavy atom. The summed E-state index contributed by atoms with van der Waals surface area (Å²) < 4.78 is 10.5. The number of rotatable bonds is 4. The predicted molar refractivity (Wildman–Crippen MR) is 93.7 cm³/mol. The van der Waals surface area contributed by atoms with Crippen molar-refractivity contribution in [2.24, 2.45) is 40.6 Å². The number of ether oxygens (including phenoxy) is 2. The SMILES string of the molecule is COc1ccc(/C=N\N2C(=O)[C@H]3[C@@H]4C=C[C@H]([C@H]5C[C@H]45)[C@@H]3C2=O)cc1OC. The molecular formula is C20H20N2O4. The van der Waals surface area contributed by atoms with Crippen molar-refractivity contribution in [3.8, 4) is 11.5 Å². The van der Waals surface area contributed by atoms with Gasteiger partial charge >= 0.3 is 0 Å². The summed E-state index contributed by atoms with van der Waals surface area (Å²) in [4.78, 5) is 25.7. The highest BCUT2D eigenvalue weighted by atomic mass is 16.5. The molecule has 6 heteroatoms. The van der Waals surface area contributed by atoms with Crippen molar-refractivity contribution in [1.82, 2.24) is 5.01 Å². The second kappa shape index (κ2) is 5.43. The maximum absolute atomic E-state index is 12.9. The van der Waals surface area contributed by atoms with Gasteiger partial charge in [0.05, 0.1) is 32.3 Å². The number of nitrogens with zero attached hydrogens (tertiary/aromatic N) is 2. The average molecular weight is 352 g/mol. The molecule has 0 N–H and O–H groups in total. The molecule has 1 heterocycles. The van der Waals surface area contributed by atoms with E-state index in [0.717, 1.165) is 17.0 Å².